The fraction of sp³-hybridized carbons (Fsp3) is 0.364. The number of hydrogen-bond acceptors (Lipinski definition) is 4. The van der Waals surface area contributed by atoms with Crippen molar-refractivity contribution in [1.82, 2.24) is 10.6 Å². The van der Waals surface area contributed by atoms with Gasteiger partial charge in [0.2, 0.25) is 0 Å². The number of benzene rings is 2. The zero-order valence-corrected chi connectivity index (χ0v) is 15.6. The molecule has 1 amide bonds. The normalized spacial score (nSPS) is 20.9. The van der Waals surface area contributed by atoms with Crippen molar-refractivity contribution in [2.45, 2.75) is 24.8 Å². The molecule has 3 N–H and O–H groups in total. The minimum Gasteiger partial charge on any atom is -0.480 e. The lowest BCUT2D eigenvalue weighted by molar-refractivity contribution is -0.140. The molecule has 2 aliphatic rings. The van der Waals surface area contributed by atoms with Crippen LogP contribution >= 0.6 is 0 Å². The Morgan fingerprint density at radius 3 is 2.25 bits per heavy atom. The molecule has 1 heterocycles. The van der Waals surface area contributed by atoms with Gasteiger partial charge >= 0.3 is 12.1 Å². The molecule has 1 fully saturated rings. The van der Waals surface area contributed by atoms with Crippen molar-refractivity contribution >= 4 is 12.1 Å². The molecule has 2 aromatic rings. The molecule has 0 saturated carbocycles. The van der Waals surface area contributed by atoms with Crippen LogP contribution < -0.4 is 10.6 Å². The number of carboxylic acids is 1. The topological polar surface area (TPSA) is 87.7 Å². The highest BCUT2D eigenvalue weighted by atomic mass is 16.5. The SMILES string of the molecule is O=C(NC[C@H]1CC[C@H](C(=O)O)NC1)OCC1c2ccccc2-c2ccccc21. The third-order valence-corrected chi connectivity index (χ3v) is 5.69. The third kappa shape index (κ3) is 3.73. The van der Waals surface area contributed by atoms with Gasteiger partial charge in [0.1, 0.15) is 12.6 Å². The van der Waals surface area contributed by atoms with Crippen LogP contribution in [0.15, 0.2) is 48.5 Å². The van der Waals surface area contributed by atoms with Gasteiger partial charge in [0, 0.05) is 19.0 Å². The second kappa shape index (κ2) is 8.02. The van der Waals surface area contributed by atoms with E-state index in [1.165, 1.54) is 22.3 Å². The Labute approximate surface area is 163 Å². The molecule has 0 radical (unpaired) electrons. The number of rotatable bonds is 5. The summed E-state index contributed by atoms with van der Waals surface area (Å²) in [6, 6.07) is 16.0. The van der Waals surface area contributed by atoms with E-state index in [9.17, 15) is 9.59 Å². The maximum atomic E-state index is 12.2. The average Bonchev–Trinajstić information content (AvgIpc) is 3.05. The number of carbonyl (C=O) groups excluding carboxylic acids is 1. The Hall–Kier alpha value is -2.86. The predicted octanol–water partition coefficient (Wildman–Crippen LogP) is 2.98. The number of alkyl carbamates (subject to hydrolysis) is 1. The summed E-state index contributed by atoms with van der Waals surface area (Å²) in [6.45, 7) is 1.36. The largest absolute Gasteiger partial charge is 0.480 e. The molecular formula is C22H24N2O4. The summed E-state index contributed by atoms with van der Waals surface area (Å²) in [5.74, 6) is -0.551. The van der Waals surface area contributed by atoms with Gasteiger partial charge < -0.3 is 20.5 Å². The molecule has 6 nitrogen and oxygen atoms in total. The lowest BCUT2D eigenvalue weighted by Gasteiger charge is -2.27. The number of carbonyl (C=O) groups is 2. The van der Waals surface area contributed by atoms with Crippen LogP contribution in [0, 0.1) is 5.92 Å². The van der Waals surface area contributed by atoms with E-state index >= 15 is 0 Å². The Bertz CT molecular complexity index is 829. The molecule has 0 aromatic heterocycles. The van der Waals surface area contributed by atoms with Crippen LogP contribution in [-0.2, 0) is 9.53 Å². The lowest BCUT2D eigenvalue weighted by Crippen LogP contribution is -2.46. The molecule has 28 heavy (non-hydrogen) atoms. The summed E-state index contributed by atoms with van der Waals surface area (Å²) in [6.07, 6.45) is 0.919. The minimum absolute atomic E-state index is 0.0471. The van der Waals surface area contributed by atoms with E-state index < -0.39 is 18.1 Å². The number of nitrogens with one attached hydrogen (secondary N) is 2. The van der Waals surface area contributed by atoms with Gasteiger partial charge in [-0.1, -0.05) is 48.5 Å². The van der Waals surface area contributed by atoms with Crippen molar-refractivity contribution in [3.63, 3.8) is 0 Å². The van der Waals surface area contributed by atoms with Crippen LogP contribution in [-0.4, -0.2) is 42.9 Å². The van der Waals surface area contributed by atoms with Gasteiger partial charge in [0.15, 0.2) is 0 Å². The number of ether oxygens (including phenoxy) is 1. The summed E-state index contributed by atoms with van der Waals surface area (Å²) in [5.41, 5.74) is 4.78. The maximum Gasteiger partial charge on any atom is 0.407 e. The third-order valence-electron chi connectivity index (χ3n) is 5.69. The predicted molar refractivity (Wildman–Crippen MR) is 105 cm³/mol. The van der Waals surface area contributed by atoms with Gasteiger partial charge in [0.25, 0.3) is 0 Å². The van der Waals surface area contributed by atoms with Crippen molar-refractivity contribution in [3.05, 3.63) is 59.7 Å². The van der Waals surface area contributed by atoms with E-state index in [2.05, 4.69) is 34.9 Å². The second-order valence-electron chi connectivity index (χ2n) is 7.45. The summed E-state index contributed by atoms with van der Waals surface area (Å²) in [4.78, 5) is 23.2. The molecule has 0 spiro atoms. The first-order valence-electron chi connectivity index (χ1n) is 9.68. The molecule has 1 aliphatic carbocycles. The van der Waals surface area contributed by atoms with Crippen LogP contribution in [0.4, 0.5) is 4.79 Å². The van der Waals surface area contributed by atoms with Gasteiger partial charge in [0.05, 0.1) is 0 Å². The molecule has 0 bridgehead atoms. The van der Waals surface area contributed by atoms with Gasteiger partial charge in [-0.15, -0.1) is 0 Å². The number of piperidine rings is 1. The first kappa shape index (κ1) is 18.5. The van der Waals surface area contributed by atoms with E-state index in [0.29, 0.717) is 26.1 Å². The summed E-state index contributed by atoms with van der Waals surface area (Å²) >= 11 is 0. The van der Waals surface area contributed by atoms with Gasteiger partial charge in [-0.3, -0.25) is 4.79 Å². The van der Waals surface area contributed by atoms with Crippen molar-refractivity contribution < 1.29 is 19.4 Å². The van der Waals surface area contributed by atoms with Crippen molar-refractivity contribution in [1.29, 1.82) is 0 Å². The minimum atomic E-state index is -0.817. The fourth-order valence-corrected chi connectivity index (χ4v) is 4.18. The Balaban J connectivity index is 1.30. The van der Waals surface area contributed by atoms with Crippen molar-refractivity contribution in [3.8, 4) is 11.1 Å². The standard InChI is InChI=1S/C22H24N2O4/c25-21(26)20-10-9-14(11-23-20)12-24-22(27)28-13-19-17-7-3-1-5-15(17)16-6-2-4-8-18(16)19/h1-8,14,19-20,23H,9-13H2,(H,24,27)(H,25,26)/t14-,20+/m0/s1. The van der Waals surface area contributed by atoms with E-state index in [0.717, 1.165) is 6.42 Å². The molecule has 1 aliphatic heterocycles. The van der Waals surface area contributed by atoms with Crippen LogP contribution in [0.3, 0.4) is 0 Å². The average molecular weight is 380 g/mol. The van der Waals surface area contributed by atoms with E-state index in [1.807, 2.05) is 24.3 Å². The van der Waals surface area contributed by atoms with Crippen LogP contribution in [0.5, 0.6) is 0 Å². The number of fused-ring (bicyclic) bond motifs is 3. The summed E-state index contributed by atoms with van der Waals surface area (Å²) in [7, 11) is 0. The zero-order valence-electron chi connectivity index (χ0n) is 15.6. The van der Waals surface area contributed by atoms with Crippen molar-refractivity contribution in [2.75, 3.05) is 19.7 Å². The molecule has 2 atom stereocenters. The number of hydrogen-bond donors (Lipinski definition) is 3. The highest BCUT2D eigenvalue weighted by molar-refractivity contribution is 5.79. The molecule has 1 saturated heterocycles. The summed E-state index contributed by atoms with van der Waals surface area (Å²) < 4.78 is 5.53. The quantitative estimate of drug-likeness (QED) is 0.742. The summed E-state index contributed by atoms with van der Waals surface area (Å²) in [5, 5.41) is 14.8. The molecule has 6 heteroatoms. The lowest BCUT2D eigenvalue weighted by atomic mass is 9.95. The van der Waals surface area contributed by atoms with E-state index in [-0.39, 0.29) is 11.8 Å². The first-order valence-corrected chi connectivity index (χ1v) is 9.68. The zero-order chi connectivity index (χ0) is 19.5. The van der Waals surface area contributed by atoms with Gasteiger partial charge in [-0.25, -0.2) is 4.79 Å². The Kier molecular flexibility index (Phi) is 5.30. The molecular weight excluding hydrogens is 356 g/mol. The first-order chi connectivity index (χ1) is 13.6. The van der Waals surface area contributed by atoms with Crippen LogP contribution in [0.1, 0.15) is 29.9 Å². The van der Waals surface area contributed by atoms with Crippen LogP contribution in [0.2, 0.25) is 0 Å². The van der Waals surface area contributed by atoms with Gasteiger partial charge in [-0.05, 0) is 41.0 Å². The van der Waals surface area contributed by atoms with Crippen molar-refractivity contribution in [2.24, 2.45) is 5.92 Å². The smallest absolute Gasteiger partial charge is 0.407 e. The van der Waals surface area contributed by atoms with E-state index in [4.69, 9.17) is 9.84 Å². The molecule has 146 valence electrons. The monoisotopic (exact) mass is 380 g/mol. The Morgan fingerprint density at radius 1 is 1.04 bits per heavy atom. The molecule has 2 aromatic carbocycles. The highest BCUT2D eigenvalue weighted by Gasteiger charge is 2.29. The maximum absolute atomic E-state index is 12.2. The molecule has 4 rings (SSSR count). The Morgan fingerprint density at radius 2 is 1.68 bits per heavy atom. The molecule has 0 unspecified atom stereocenters. The van der Waals surface area contributed by atoms with Gasteiger partial charge in [-0.2, -0.15) is 0 Å². The van der Waals surface area contributed by atoms with Crippen LogP contribution in [0.25, 0.3) is 11.1 Å². The second-order valence-corrected chi connectivity index (χ2v) is 7.45. The van der Waals surface area contributed by atoms with E-state index in [1.54, 1.807) is 0 Å². The number of carboxylic acid groups (broad SMARTS) is 1. The fourth-order valence-electron chi connectivity index (χ4n) is 4.18. The highest BCUT2D eigenvalue weighted by Crippen LogP contribution is 2.44. The number of amides is 1. The number of aliphatic carboxylic acids is 1.